The van der Waals surface area contributed by atoms with Crippen LogP contribution in [0.4, 0.5) is 0 Å². The molecule has 1 spiro atoms. The molecule has 37 heavy (non-hydrogen) atoms. The zero-order valence-corrected chi connectivity index (χ0v) is 22.1. The van der Waals surface area contributed by atoms with Crippen LogP contribution in [0.5, 0.6) is 5.88 Å². The molecule has 198 valence electrons. The number of carboxylic acids is 1. The van der Waals surface area contributed by atoms with E-state index >= 15 is 0 Å². The van der Waals surface area contributed by atoms with E-state index in [1.165, 1.54) is 12.3 Å². The van der Waals surface area contributed by atoms with E-state index in [1.807, 2.05) is 24.0 Å². The summed E-state index contributed by atoms with van der Waals surface area (Å²) in [4.78, 5) is 44.5. The van der Waals surface area contributed by atoms with Crippen molar-refractivity contribution in [3.63, 3.8) is 0 Å². The molecule has 3 heterocycles. The van der Waals surface area contributed by atoms with Gasteiger partial charge in [0.1, 0.15) is 5.02 Å². The largest absolute Gasteiger partial charge is 0.481 e. The normalized spacial score (nSPS) is 17.0. The van der Waals surface area contributed by atoms with Gasteiger partial charge in [-0.1, -0.05) is 42.3 Å². The Morgan fingerprint density at radius 2 is 1.95 bits per heavy atom. The molecule has 0 aliphatic carbocycles. The number of halogens is 2. The van der Waals surface area contributed by atoms with Crippen molar-refractivity contribution in [2.24, 2.45) is 5.41 Å². The lowest BCUT2D eigenvalue weighted by Gasteiger charge is -2.60. The van der Waals surface area contributed by atoms with E-state index in [0.717, 1.165) is 25.2 Å². The number of hydrogen-bond acceptors (Lipinski definition) is 6. The average Bonchev–Trinajstić information content (AvgIpc) is 2.82. The average molecular weight is 549 g/mol. The number of pyridine rings is 1. The lowest BCUT2D eigenvalue weighted by Crippen LogP contribution is -2.72. The molecule has 0 bridgehead atoms. The fourth-order valence-corrected chi connectivity index (χ4v) is 5.29. The molecule has 2 aliphatic heterocycles. The van der Waals surface area contributed by atoms with Gasteiger partial charge in [0, 0.05) is 56.3 Å². The van der Waals surface area contributed by atoms with Crippen molar-refractivity contribution in [1.82, 2.24) is 20.1 Å². The fraction of sp³-hybridized carbons (Fsp3) is 0.462. The van der Waals surface area contributed by atoms with Crippen LogP contribution in [0.15, 0.2) is 36.5 Å². The Bertz CT molecular complexity index is 1160. The molecule has 1 aromatic heterocycles. The van der Waals surface area contributed by atoms with Crippen molar-refractivity contribution >= 4 is 41.0 Å². The van der Waals surface area contributed by atoms with E-state index < -0.39 is 12.1 Å². The number of aromatic nitrogens is 1. The molecule has 0 radical (unpaired) electrons. The third-order valence-electron chi connectivity index (χ3n) is 6.65. The molecule has 11 heteroatoms. The molecule has 2 saturated heterocycles. The first-order valence-corrected chi connectivity index (χ1v) is 13.0. The lowest BCUT2D eigenvalue weighted by atomic mass is 9.72. The number of amides is 2. The first-order chi connectivity index (χ1) is 17.7. The Labute approximate surface area is 225 Å². The monoisotopic (exact) mass is 548 g/mol. The minimum absolute atomic E-state index is 0.0265. The van der Waals surface area contributed by atoms with Crippen molar-refractivity contribution < 1.29 is 24.2 Å². The highest BCUT2D eigenvalue weighted by atomic mass is 35.5. The van der Waals surface area contributed by atoms with Crippen LogP contribution in [0, 0.1) is 5.41 Å². The number of rotatable bonds is 11. The van der Waals surface area contributed by atoms with E-state index in [0.29, 0.717) is 36.5 Å². The van der Waals surface area contributed by atoms with Crippen LogP contribution in [0.25, 0.3) is 0 Å². The highest BCUT2D eigenvalue weighted by Crippen LogP contribution is 2.40. The zero-order valence-electron chi connectivity index (χ0n) is 20.6. The first-order valence-electron chi connectivity index (χ1n) is 12.3. The van der Waals surface area contributed by atoms with Gasteiger partial charge in [-0.2, -0.15) is 0 Å². The molecule has 2 amide bonds. The molecule has 2 fully saturated rings. The van der Waals surface area contributed by atoms with Gasteiger partial charge in [-0.15, -0.1) is 0 Å². The zero-order chi connectivity index (χ0) is 26.6. The maximum atomic E-state index is 13.0. The van der Waals surface area contributed by atoms with Gasteiger partial charge in [0.25, 0.3) is 11.8 Å². The molecule has 1 unspecified atom stereocenters. The van der Waals surface area contributed by atoms with Gasteiger partial charge in [0.05, 0.1) is 5.02 Å². The Hall–Kier alpha value is -2.88. The van der Waals surface area contributed by atoms with Crippen LogP contribution in [-0.2, 0) is 16.1 Å². The van der Waals surface area contributed by atoms with E-state index in [9.17, 15) is 14.4 Å². The summed E-state index contributed by atoms with van der Waals surface area (Å²) >= 11 is 12.0. The van der Waals surface area contributed by atoms with Gasteiger partial charge in [-0.05, 0) is 43.1 Å². The summed E-state index contributed by atoms with van der Waals surface area (Å²) < 4.78 is 5.69. The van der Waals surface area contributed by atoms with Crippen LogP contribution < -0.4 is 10.1 Å². The van der Waals surface area contributed by atoms with E-state index in [-0.39, 0.29) is 41.1 Å². The van der Waals surface area contributed by atoms with Gasteiger partial charge >= 0.3 is 5.97 Å². The van der Waals surface area contributed by atoms with Crippen LogP contribution in [0.2, 0.25) is 10.0 Å². The molecule has 0 saturated carbocycles. The van der Waals surface area contributed by atoms with Crippen LogP contribution in [0.1, 0.15) is 42.1 Å². The van der Waals surface area contributed by atoms with Crippen molar-refractivity contribution in [3.05, 3.63) is 57.7 Å². The van der Waals surface area contributed by atoms with Gasteiger partial charge in [0.2, 0.25) is 5.88 Å². The number of nitrogens with zero attached hydrogens (tertiary/aromatic N) is 3. The molecule has 9 nitrogen and oxygen atoms in total. The summed E-state index contributed by atoms with van der Waals surface area (Å²) in [5.41, 5.74) is 1.53. The summed E-state index contributed by atoms with van der Waals surface area (Å²) in [6, 6.07) is 8.75. The molecular formula is C26H30Cl2N4O5. The van der Waals surface area contributed by atoms with Gasteiger partial charge in [-0.25, -0.2) is 4.98 Å². The minimum atomic E-state index is -0.778. The SMILES string of the molecule is CCC(Oc1ncc(Cl)cc1Cl)C(=O)NCc1cccc(C(=O)N2CC3(CN(CCCC(=O)O)C3)C2)c1. The number of hydrogen-bond donors (Lipinski definition) is 2. The second kappa shape index (κ2) is 11.7. The Morgan fingerprint density at radius 1 is 1.19 bits per heavy atom. The highest BCUT2D eigenvalue weighted by Gasteiger charge is 2.52. The van der Waals surface area contributed by atoms with Crippen LogP contribution in [-0.4, -0.2) is 76.5 Å². The topological polar surface area (TPSA) is 112 Å². The minimum Gasteiger partial charge on any atom is -0.481 e. The second-order valence-electron chi connectivity index (χ2n) is 9.74. The van der Waals surface area contributed by atoms with Gasteiger partial charge in [0.15, 0.2) is 6.10 Å². The molecule has 1 atom stereocenters. The quantitative estimate of drug-likeness (QED) is 0.442. The van der Waals surface area contributed by atoms with E-state index in [1.54, 1.807) is 12.1 Å². The smallest absolute Gasteiger partial charge is 0.303 e. The number of carboxylic acid groups (broad SMARTS) is 1. The van der Waals surface area contributed by atoms with E-state index in [2.05, 4.69) is 15.2 Å². The predicted octanol–water partition coefficient (Wildman–Crippen LogP) is 3.48. The molecule has 2 aromatic rings. The van der Waals surface area contributed by atoms with E-state index in [4.69, 9.17) is 33.0 Å². The Morgan fingerprint density at radius 3 is 2.62 bits per heavy atom. The number of nitrogens with one attached hydrogen (secondary N) is 1. The summed E-state index contributed by atoms with van der Waals surface area (Å²) in [6.45, 7) is 6.07. The second-order valence-corrected chi connectivity index (χ2v) is 10.6. The van der Waals surface area contributed by atoms with Crippen LogP contribution >= 0.6 is 23.2 Å². The number of benzene rings is 1. The molecule has 4 rings (SSSR count). The van der Waals surface area contributed by atoms with Gasteiger partial charge in [-0.3, -0.25) is 14.4 Å². The van der Waals surface area contributed by atoms with Crippen molar-refractivity contribution in [3.8, 4) is 5.88 Å². The molecule has 2 aliphatic rings. The fourth-order valence-electron chi connectivity index (χ4n) is 4.87. The van der Waals surface area contributed by atoms with Crippen LogP contribution in [0.3, 0.4) is 0 Å². The maximum Gasteiger partial charge on any atom is 0.303 e. The standard InChI is InChI=1S/C26H30Cl2N4O5/c1-2-21(37-24-20(28)10-19(27)12-30-24)23(35)29-11-17-5-3-6-18(9-17)25(36)32-15-26(16-32)13-31(14-26)8-4-7-22(33)34/h3,5-6,9-10,12,21H,2,4,7-8,11,13-16H2,1H3,(H,29,35)(H,33,34). The highest BCUT2D eigenvalue weighted by molar-refractivity contribution is 6.35. The summed E-state index contributed by atoms with van der Waals surface area (Å²) in [7, 11) is 0. The number of aliphatic carboxylic acids is 1. The maximum absolute atomic E-state index is 13.0. The van der Waals surface area contributed by atoms with Crippen molar-refractivity contribution in [2.45, 2.75) is 38.8 Å². The summed E-state index contributed by atoms with van der Waals surface area (Å²) in [5.74, 6) is -0.963. The molecule has 1 aromatic carbocycles. The van der Waals surface area contributed by atoms with Crippen molar-refractivity contribution in [1.29, 1.82) is 0 Å². The number of ether oxygens (including phenoxy) is 1. The third-order valence-corrected chi connectivity index (χ3v) is 7.13. The molecular weight excluding hydrogens is 519 g/mol. The van der Waals surface area contributed by atoms with Crippen molar-refractivity contribution in [2.75, 3.05) is 32.7 Å². The number of likely N-dealkylation sites (tertiary alicyclic amines) is 2. The number of carbonyl (C=O) groups excluding carboxylic acids is 2. The Balaban J connectivity index is 1.24. The predicted molar refractivity (Wildman–Crippen MR) is 139 cm³/mol. The lowest BCUT2D eigenvalue weighted by molar-refractivity contribution is -0.137. The number of carbonyl (C=O) groups is 3. The summed E-state index contributed by atoms with van der Waals surface area (Å²) in [6.07, 6.45) is 1.87. The Kier molecular flexibility index (Phi) is 8.56. The molecule has 2 N–H and O–H groups in total. The van der Waals surface area contributed by atoms with Gasteiger partial charge < -0.3 is 25.0 Å². The third kappa shape index (κ3) is 6.71. The first kappa shape index (κ1) is 27.2. The summed E-state index contributed by atoms with van der Waals surface area (Å²) in [5, 5.41) is 12.2.